The van der Waals surface area contributed by atoms with Crippen LogP contribution in [0.5, 0.6) is 0 Å². The number of carbonyl (C=O) groups excluding carboxylic acids is 2. The SMILES string of the molecule is CCCCCC1CCC(c2ccc(-c3ccc(Sc4ccc(Nc5c(C)cc(C)cc5C)c5c4C(=O)c4c(Sc6ccc(C(C)(C)C)cc6)ccc(Nc6c(C)cc(C)cc6C)c4C5=O)cc3)cc2)CC1. The van der Waals surface area contributed by atoms with Crippen molar-refractivity contribution in [2.75, 3.05) is 10.6 Å². The van der Waals surface area contributed by atoms with Gasteiger partial charge in [0, 0.05) is 42.1 Å². The van der Waals surface area contributed by atoms with E-state index < -0.39 is 0 Å². The van der Waals surface area contributed by atoms with Crippen molar-refractivity contribution >= 4 is 57.8 Å². The second-order valence-electron chi connectivity index (χ2n) is 21.5. The number of carbonyl (C=O) groups is 2. The summed E-state index contributed by atoms with van der Waals surface area (Å²) in [7, 11) is 0. The Morgan fingerprint density at radius 3 is 1.37 bits per heavy atom. The molecule has 0 saturated heterocycles. The topological polar surface area (TPSA) is 58.2 Å². The van der Waals surface area contributed by atoms with Crippen LogP contribution in [0.2, 0.25) is 0 Å². The number of aryl methyl sites for hydroxylation is 6. The second-order valence-corrected chi connectivity index (χ2v) is 23.7. The molecule has 2 aliphatic carbocycles. The van der Waals surface area contributed by atoms with Crippen LogP contribution in [0.15, 0.2) is 141 Å². The van der Waals surface area contributed by atoms with Crippen LogP contribution in [0.4, 0.5) is 22.7 Å². The monoisotopic (exact) mass is 974 g/mol. The predicted molar refractivity (Wildman–Crippen MR) is 302 cm³/mol. The summed E-state index contributed by atoms with van der Waals surface area (Å²) in [6.45, 7) is 21.5. The van der Waals surface area contributed by atoms with Gasteiger partial charge in [-0.3, -0.25) is 9.59 Å². The summed E-state index contributed by atoms with van der Waals surface area (Å²) in [5.74, 6) is 1.22. The van der Waals surface area contributed by atoms with E-state index in [1.807, 2.05) is 24.3 Å². The van der Waals surface area contributed by atoms with Crippen molar-refractivity contribution in [3.05, 3.63) is 188 Å². The Morgan fingerprint density at radius 1 is 0.507 bits per heavy atom. The Hall–Kier alpha value is -5.82. The zero-order valence-electron chi connectivity index (χ0n) is 43.5. The summed E-state index contributed by atoms with van der Waals surface area (Å²) < 4.78 is 0. The highest BCUT2D eigenvalue weighted by Crippen LogP contribution is 2.48. The predicted octanol–water partition coefficient (Wildman–Crippen LogP) is 18.9. The molecule has 0 aliphatic heterocycles. The number of hydrogen-bond donors (Lipinski definition) is 2. The van der Waals surface area contributed by atoms with Crippen molar-refractivity contribution in [3.63, 3.8) is 0 Å². The molecular weight excluding hydrogens is 905 g/mol. The van der Waals surface area contributed by atoms with Crippen LogP contribution >= 0.6 is 23.5 Å². The summed E-state index contributed by atoms with van der Waals surface area (Å²) in [6.07, 6.45) is 10.7. The maximum absolute atomic E-state index is 15.8. The summed E-state index contributed by atoms with van der Waals surface area (Å²) in [5.41, 5.74) is 16.4. The van der Waals surface area contributed by atoms with Gasteiger partial charge in [-0.2, -0.15) is 0 Å². The number of unbranched alkanes of at least 4 members (excludes halogenated alkanes) is 2. The van der Waals surface area contributed by atoms with Crippen molar-refractivity contribution in [2.24, 2.45) is 5.92 Å². The second kappa shape index (κ2) is 21.1. The molecule has 0 heterocycles. The molecule has 0 radical (unpaired) electrons. The molecule has 364 valence electrons. The van der Waals surface area contributed by atoms with E-state index >= 15 is 9.59 Å². The van der Waals surface area contributed by atoms with Crippen LogP contribution in [0.25, 0.3) is 11.1 Å². The van der Waals surface area contributed by atoms with Crippen LogP contribution in [0.1, 0.15) is 161 Å². The van der Waals surface area contributed by atoms with Gasteiger partial charge < -0.3 is 10.6 Å². The van der Waals surface area contributed by atoms with Crippen LogP contribution in [0.3, 0.4) is 0 Å². The third-order valence-corrected chi connectivity index (χ3v) is 17.1. The van der Waals surface area contributed by atoms with Gasteiger partial charge in [0.25, 0.3) is 0 Å². The molecule has 0 bridgehead atoms. The number of anilines is 4. The fraction of sp³-hybridized carbons (Fsp3) is 0.323. The summed E-state index contributed by atoms with van der Waals surface area (Å²) >= 11 is 3.07. The first-order valence-electron chi connectivity index (χ1n) is 25.9. The average Bonchev–Trinajstić information content (AvgIpc) is 3.34. The third-order valence-electron chi connectivity index (χ3n) is 14.9. The molecule has 0 aromatic heterocycles. The van der Waals surface area contributed by atoms with E-state index in [0.717, 1.165) is 64.7 Å². The number of ketones is 2. The minimum absolute atomic E-state index is 0.00151. The van der Waals surface area contributed by atoms with Crippen molar-refractivity contribution in [2.45, 2.75) is 152 Å². The molecule has 2 N–H and O–H groups in total. The molecule has 7 aromatic rings. The fourth-order valence-corrected chi connectivity index (χ4v) is 13.1. The minimum Gasteiger partial charge on any atom is -0.354 e. The van der Waals surface area contributed by atoms with Gasteiger partial charge in [-0.25, -0.2) is 0 Å². The number of fused-ring (bicyclic) bond motifs is 2. The zero-order valence-corrected chi connectivity index (χ0v) is 45.1. The summed E-state index contributed by atoms with van der Waals surface area (Å²) in [6, 6.07) is 43.1. The van der Waals surface area contributed by atoms with Crippen LogP contribution in [-0.4, -0.2) is 11.6 Å². The number of nitrogens with one attached hydrogen (secondary N) is 2. The largest absolute Gasteiger partial charge is 0.354 e. The molecular formula is C65H70N2O2S2. The lowest BCUT2D eigenvalue weighted by atomic mass is 9.77. The highest BCUT2D eigenvalue weighted by atomic mass is 32.2. The smallest absolute Gasteiger partial charge is 0.198 e. The molecule has 7 aromatic carbocycles. The molecule has 6 heteroatoms. The maximum Gasteiger partial charge on any atom is 0.198 e. The van der Waals surface area contributed by atoms with Gasteiger partial charge >= 0.3 is 0 Å². The Morgan fingerprint density at radius 2 is 0.930 bits per heavy atom. The van der Waals surface area contributed by atoms with Gasteiger partial charge in [0.05, 0.1) is 22.5 Å². The summed E-state index contributed by atoms with van der Waals surface area (Å²) in [4.78, 5) is 35.2. The number of rotatable bonds is 14. The average molecular weight is 975 g/mol. The van der Waals surface area contributed by atoms with Crippen LogP contribution in [-0.2, 0) is 5.41 Å². The number of hydrogen-bond acceptors (Lipinski definition) is 6. The highest BCUT2D eigenvalue weighted by Gasteiger charge is 2.38. The van der Waals surface area contributed by atoms with Crippen LogP contribution < -0.4 is 10.6 Å². The summed E-state index contributed by atoms with van der Waals surface area (Å²) in [5, 5.41) is 7.37. The Balaban J connectivity index is 1.09. The van der Waals surface area contributed by atoms with E-state index in [1.54, 1.807) is 0 Å². The van der Waals surface area contributed by atoms with Crippen molar-refractivity contribution < 1.29 is 9.59 Å². The molecule has 2 aliphatic rings. The van der Waals surface area contributed by atoms with Gasteiger partial charge in [0.1, 0.15) is 0 Å². The lowest BCUT2D eigenvalue weighted by Gasteiger charge is -2.29. The molecule has 0 unspecified atom stereocenters. The first-order chi connectivity index (χ1) is 34.1. The van der Waals surface area contributed by atoms with E-state index in [4.69, 9.17) is 0 Å². The molecule has 4 nitrogen and oxygen atoms in total. The van der Waals surface area contributed by atoms with Crippen LogP contribution in [0, 0.1) is 47.5 Å². The maximum atomic E-state index is 15.8. The third kappa shape index (κ3) is 10.9. The quantitative estimate of drug-likeness (QED) is 0.106. The first-order valence-corrected chi connectivity index (χ1v) is 27.5. The molecule has 1 saturated carbocycles. The van der Waals surface area contributed by atoms with Gasteiger partial charge in [0.2, 0.25) is 0 Å². The van der Waals surface area contributed by atoms with E-state index in [-0.39, 0.29) is 17.0 Å². The minimum atomic E-state index is -0.184. The fourth-order valence-electron chi connectivity index (χ4n) is 11.1. The normalized spacial score (nSPS) is 15.6. The molecule has 1 fully saturated rings. The first kappa shape index (κ1) is 50.1. The Labute approximate surface area is 432 Å². The van der Waals surface area contributed by atoms with E-state index in [1.165, 1.54) is 103 Å². The molecule has 0 amide bonds. The van der Waals surface area contributed by atoms with Gasteiger partial charge in [-0.05, 0) is 178 Å². The number of benzene rings is 7. The van der Waals surface area contributed by atoms with Crippen molar-refractivity contribution in [1.29, 1.82) is 0 Å². The molecule has 0 atom stereocenters. The van der Waals surface area contributed by atoms with E-state index in [9.17, 15) is 0 Å². The van der Waals surface area contributed by atoms with E-state index in [0.29, 0.717) is 39.5 Å². The zero-order chi connectivity index (χ0) is 50.1. The molecule has 0 spiro atoms. The van der Waals surface area contributed by atoms with Gasteiger partial charge in [-0.1, -0.05) is 161 Å². The highest BCUT2D eigenvalue weighted by molar-refractivity contribution is 7.99. The Bertz CT molecular complexity index is 3070. The van der Waals surface area contributed by atoms with E-state index in [2.05, 4.69) is 177 Å². The standard InChI is InChI=1S/C65H70N2O2S2/c1-11-12-13-14-45-15-17-46(18-16-45)47-19-21-48(22-20-47)49-23-27-51(28-24-49)70-55-33-31-53(66-61-41(4)35-39(2)36-42(61)5)57-59(55)64(69)60-56(71-52-29-25-50(26-30-52)65(8,9)10)34-32-54(58(60)63(57)68)67-62-43(6)37-40(3)38-44(62)7/h19-38,45-46,66-67H,11-18H2,1-10H3. The lowest BCUT2D eigenvalue weighted by Crippen LogP contribution is -2.25. The lowest BCUT2D eigenvalue weighted by molar-refractivity contribution is 0.0976. The van der Waals surface area contributed by atoms with Crippen molar-refractivity contribution in [3.8, 4) is 11.1 Å². The van der Waals surface area contributed by atoms with Crippen molar-refractivity contribution in [1.82, 2.24) is 0 Å². The Kier molecular flexibility index (Phi) is 14.9. The molecule has 9 rings (SSSR count). The van der Waals surface area contributed by atoms with Gasteiger partial charge in [0.15, 0.2) is 11.6 Å². The van der Waals surface area contributed by atoms with Gasteiger partial charge in [-0.15, -0.1) is 0 Å². The molecule has 71 heavy (non-hydrogen) atoms.